The number of aromatic nitrogens is 2. The molecule has 0 atom stereocenters. The van der Waals surface area contributed by atoms with Gasteiger partial charge >= 0.3 is 0 Å². The first-order valence-corrected chi connectivity index (χ1v) is 7.20. The van der Waals surface area contributed by atoms with Crippen LogP contribution in [0.4, 0.5) is 5.95 Å². The Morgan fingerprint density at radius 1 is 1.11 bits per heavy atom. The lowest BCUT2D eigenvalue weighted by Gasteiger charge is -2.22. The maximum atomic E-state index is 4.26. The first-order chi connectivity index (χ1) is 9.36. The molecule has 3 heteroatoms. The number of hydrogen-bond donors (Lipinski definition) is 2. The second kappa shape index (κ2) is 5.47. The van der Waals surface area contributed by atoms with E-state index in [1.54, 1.807) is 0 Å². The third-order valence-electron chi connectivity index (χ3n) is 4.11. The zero-order valence-corrected chi connectivity index (χ0v) is 11.4. The van der Waals surface area contributed by atoms with Gasteiger partial charge in [-0.1, -0.05) is 43.5 Å². The highest BCUT2D eigenvalue weighted by Gasteiger charge is 2.15. The summed E-state index contributed by atoms with van der Waals surface area (Å²) in [5.41, 5.74) is 3.77. The van der Waals surface area contributed by atoms with Gasteiger partial charge in [0.05, 0.1) is 11.9 Å². The van der Waals surface area contributed by atoms with Gasteiger partial charge in [-0.25, -0.2) is 4.98 Å². The smallest absolute Gasteiger partial charge is 0.200 e. The van der Waals surface area contributed by atoms with Crippen LogP contribution in [0.15, 0.2) is 30.5 Å². The summed E-state index contributed by atoms with van der Waals surface area (Å²) in [4.78, 5) is 7.51. The molecule has 0 amide bonds. The minimum atomic E-state index is 0.775. The Balaban J connectivity index is 1.78. The van der Waals surface area contributed by atoms with Crippen LogP contribution in [0.5, 0.6) is 0 Å². The molecule has 0 radical (unpaired) electrons. The fraction of sp³-hybridized carbons (Fsp3) is 0.438. The van der Waals surface area contributed by atoms with Crippen LogP contribution in [0, 0.1) is 0 Å². The Labute approximate surface area is 114 Å². The van der Waals surface area contributed by atoms with Crippen molar-refractivity contribution in [3.05, 3.63) is 36.0 Å². The lowest BCUT2D eigenvalue weighted by molar-refractivity contribution is 0.443. The van der Waals surface area contributed by atoms with Gasteiger partial charge in [0.1, 0.15) is 0 Å². The molecule has 3 nitrogen and oxygen atoms in total. The van der Waals surface area contributed by atoms with E-state index in [4.69, 9.17) is 0 Å². The molecule has 100 valence electrons. The van der Waals surface area contributed by atoms with Crippen molar-refractivity contribution in [3.8, 4) is 11.3 Å². The molecule has 1 heterocycles. The zero-order chi connectivity index (χ0) is 13.1. The second-order valence-electron chi connectivity index (χ2n) is 5.35. The molecule has 0 saturated heterocycles. The molecular weight excluding hydrogens is 234 g/mol. The molecule has 0 bridgehead atoms. The van der Waals surface area contributed by atoms with Gasteiger partial charge in [0, 0.05) is 7.05 Å². The summed E-state index contributed by atoms with van der Waals surface area (Å²) in [5, 5.41) is 3.01. The minimum Gasteiger partial charge on any atom is -0.359 e. The van der Waals surface area contributed by atoms with Crippen molar-refractivity contribution < 1.29 is 0 Å². The zero-order valence-electron chi connectivity index (χ0n) is 11.4. The van der Waals surface area contributed by atoms with Gasteiger partial charge < -0.3 is 10.3 Å². The van der Waals surface area contributed by atoms with E-state index in [2.05, 4.69) is 39.6 Å². The van der Waals surface area contributed by atoms with Gasteiger partial charge in [0.2, 0.25) is 0 Å². The molecular formula is C16H21N3. The molecule has 1 saturated carbocycles. The Morgan fingerprint density at radius 3 is 2.47 bits per heavy atom. The molecule has 1 aliphatic carbocycles. The molecule has 1 aromatic carbocycles. The molecule has 0 aliphatic heterocycles. The van der Waals surface area contributed by atoms with E-state index in [9.17, 15) is 0 Å². The van der Waals surface area contributed by atoms with Crippen molar-refractivity contribution in [1.82, 2.24) is 9.97 Å². The molecule has 0 spiro atoms. The number of hydrogen-bond acceptors (Lipinski definition) is 2. The normalized spacial score (nSPS) is 16.5. The van der Waals surface area contributed by atoms with Gasteiger partial charge in [-0.2, -0.15) is 0 Å². The Morgan fingerprint density at radius 2 is 1.84 bits per heavy atom. The lowest BCUT2D eigenvalue weighted by Crippen LogP contribution is -2.04. The molecule has 1 aliphatic rings. The third-order valence-corrected chi connectivity index (χ3v) is 4.11. The summed E-state index contributed by atoms with van der Waals surface area (Å²) in [7, 11) is 1.87. The summed E-state index contributed by atoms with van der Waals surface area (Å²) in [5.74, 6) is 1.59. The standard InChI is InChI=1S/C16H21N3/c1-17-16-18-11-15(19-16)14-9-7-13(8-10-14)12-5-3-2-4-6-12/h7-12H,2-6H2,1H3,(H2,17,18,19). The van der Waals surface area contributed by atoms with Gasteiger partial charge in [-0.3, -0.25) is 0 Å². The first-order valence-electron chi connectivity index (χ1n) is 7.20. The van der Waals surface area contributed by atoms with Crippen LogP contribution in [0.2, 0.25) is 0 Å². The molecule has 1 aromatic heterocycles. The molecule has 19 heavy (non-hydrogen) atoms. The number of aromatic amines is 1. The summed E-state index contributed by atoms with van der Waals surface area (Å²) in [6, 6.07) is 8.98. The fourth-order valence-corrected chi connectivity index (χ4v) is 2.97. The predicted molar refractivity (Wildman–Crippen MR) is 79.4 cm³/mol. The average molecular weight is 255 g/mol. The van der Waals surface area contributed by atoms with Crippen LogP contribution < -0.4 is 5.32 Å². The first kappa shape index (κ1) is 12.3. The Hall–Kier alpha value is -1.77. The fourth-order valence-electron chi connectivity index (χ4n) is 2.97. The van der Waals surface area contributed by atoms with Gasteiger partial charge in [0.25, 0.3) is 0 Å². The van der Waals surface area contributed by atoms with Gasteiger partial charge in [-0.05, 0) is 29.9 Å². The number of imidazole rings is 1. The third kappa shape index (κ3) is 2.65. The predicted octanol–water partition coefficient (Wildman–Crippen LogP) is 4.17. The van der Waals surface area contributed by atoms with E-state index < -0.39 is 0 Å². The van der Waals surface area contributed by atoms with Gasteiger partial charge in [-0.15, -0.1) is 0 Å². The highest BCUT2D eigenvalue weighted by atomic mass is 15.1. The number of nitrogens with one attached hydrogen (secondary N) is 2. The van der Waals surface area contributed by atoms with E-state index in [0.29, 0.717) is 0 Å². The monoisotopic (exact) mass is 255 g/mol. The number of nitrogens with zero attached hydrogens (tertiary/aromatic N) is 1. The number of H-pyrrole nitrogens is 1. The van der Waals surface area contributed by atoms with Crippen LogP contribution in [0.3, 0.4) is 0 Å². The van der Waals surface area contributed by atoms with E-state index >= 15 is 0 Å². The molecule has 0 unspecified atom stereocenters. The molecule has 3 rings (SSSR count). The van der Waals surface area contributed by atoms with E-state index in [1.165, 1.54) is 43.2 Å². The minimum absolute atomic E-state index is 0.775. The lowest BCUT2D eigenvalue weighted by atomic mass is 9.84. The average Bonchev–Trinajstić information content (AvgIpc) is 2.97. The number of rotatable bonds is 3. The van der Waals surface area contributed by atoms with Crippen molar-refractivity contribution in [2.75, 3.05) is 12.4 Å². The largest absolute Gasteiger partial charge is 0.359 e. The van der Waals surface area contributed by atoms with Crippen molar-refractivity contribution in [3.63, 3.8) is 0 Å². The van der Waals surface area contributed by atoms with Crippen LogP contribution in [0.1, 0.15) is 43.6 Å². The van der Waals surface area contributed by atoms with Gasteiger partial charge in [0.15, 0.2) is 5.95 Å². The Bertz CT molecular complexity index is 521. The van der Waals surface area contributed by atoms with Crippen molar-refractivity contribution in [2.24, 2.45) is 0 Å². The second-order valence-corrected chi connectivity index (χ2v) is 5.35. The van der Waals surface area contributed by atoms with Crippen molar-refractivity contribution in [1.29, 1.82) is 0 Å². The summed E-state index contributed by atoms with van der Waals surface area (Å²) >= 11 is 0. The van der Waals surface area contributed by atoms with E-state index in [-0.39, 0.29) is 0 Å². The summed E-state index contributed by atoms with van der Waals surface area (Å²) in [6.45, 7) is 0. The van der Waals surface area contributed by atoms with Crippen molar-refractivity contribution >= 4 is 5.95 Å². The molecule has 2 N–H and O–H groups in total. The molecule has 1 fully saturated rings. The maximum absolute atomic E-state index is 4.26. The SMILES string of the molecule is CNc1ncc(-c2ccc(C3CCCCC3)cc2)[nH]1. The quantitative estimate of drug-likeness (QED) is 0.864. The molecule has 2 aromatic rings. The van der Waals surface area contributed by atoms with Crippen LogP contribution in [0.25, 0.3) is 11.3 Å². The van der Waals surface area contributed by atoms with Crippen LogP contribution in [-0.2, 0) is 0 Å². The maximum Gasteiger partial charge on any atom is 0.200 e. The highest BCUT2D eigenvalue weighted by Crippen LogP contribution is 2.33. The number of benzene rings is 1. The number of anilines is 1. The summed E-state index contributed by atoms with van der Waals surface area (Å²) < 4.78 is 0. The van der Waals surface area contributed by atoms with E-state index in [1.807, 2.05) is 13.2 Å². The Kier molecular flexibility index (Phi) is 3.53. The van der Waals surface area contributed by atoms with Crippen LogP contribution in [-0.4, -0.2) is 17.0 Å². The topological polar surface area (TPSA) is 40.7 Å². The summed E-state index contributed by atoms with van der Waals surface area (Å²) in [6.07, 6.45) is 8.77. The highest BCUT2D eigenvalue weighted by molar-refractivity contribution is 5.60. The van der Waals surface area contributed by atoms with Crippen LogP contribution >= 0.6 is 0 Å². The van der Waals surface area contributed by atoms with Crippen molar-refractivity contribution in [2.45, 2.75) is 38.0 Å². The van der Waals surface area contributed by atoms with E-state index in [0.717, 1.165) is 17.6 Å².